The summed E-state index contributed by atoms with van der Waals surface area (Å²) in [6.07, 6.45) is 0. The van der Waals surface area contributed by atoms with Crippen LogP contribution in [0.4, 0.5) is 15.5 Å². The quantitative estimate of drug-likeness (QED) is 0.413. The number of amides is 3. The lowest BCUT2D eigenvalue weighted by Gasteiger charge is -2.08. The molecule has 0 aliphatic rings. The summed E-state index contributed by atoms with van der Waals surface area (Å²) >= 11 is 1.24. The molecule has 0 saturated heterocycles. The molecule has 0 unspecified atom stereocenters. The largest absolute Gasteiger partial charge is 0.462 e. The highest BCUT2D eigenvalue weighted by atomic mass is 32.1. The van der Waals surface area contributed by atoms with E-state index >= 15 is 0 Å². The van der Waals surface area contributed by atoms with Crippen molar-refractivity contribution in [1.82, 2.24) is 0 Å². The first-order valence-corrected chi connectivity index (χ1v) is 11.1. The van der Waals surface area contributed by atoms with Gasteiger partial charge in [0.15, 0.2) is 6.61 Å². The fourth-order valence-electron chi connectivity index (χ4n) is 3.12. The highest BCUT2D eigenvalue weighted by Gasteiger charge is 2.24. The molecule has 0 fully saturated rings. The molecule has 0 spiro atoms. The maximum atomic E-state index is 12.6. The fraction of sp³-hybridized carbons (Fsp3) is 0.167. The van der Waals surface area contributed by atoms with Crippen LogP contribution in [0.3, 0.4) is 0 Å². The van der Waals surface area contributed by atoms with Gasteiger partial charge in [-0.2, -0.15) is 0 Å². The molecular formula is C24H23N3O6S. The molecule has 4 N–H and O–H groups in total. The highest BCUT2D eigenvalue weighted by molar-refractivity contribution is 7.20. The molecule has 0 aliphatic heterocycles. The third-order valence-electron chi connectivity index (χ3n) is 4.64. The topological polar surface area (TPSA) is 137 Å². The van der Waals surface area contributed by atoms with Gasteiger partial charge in [0.1, 0.15) is 5.00 Å². The third-order valence-corrected chi connectivity index (χ3v) is 5.89. The smallest absolute Gasteiger partial charge is 0.341 e. The van der Waals surface area contributed by atoms with Crippen molar-refractivity contribution in [3.63, 3.8) is 0 Å². The highest BCUT2D eigenvalue weighted by Crippen LogP contribution is 2.40. The number of hydrogen-bond donors (Lipinski definition) is 3. The van der Waals surface area contributed by atoms with E-state index in [0.717, 1.165) is 10.4 Å². The number of thiophene rings is 1. The number of benzene rings is 2. The number of ether oxygens (including phenoxy) is 2. The Hall–Kier alpha value is -4.18. The summed E-state index contributed by atoms with van der Waals surface area (Å²) in [5, 5.41) is 5.35. The van der Waals surface area contributed by atoms with Gasteiger partial charge in [-0.15, -0.1) is 11.3 Å². The van der Waals surface area contributed by atoms with Crippen LogP contribution in [0.2, 0.25) is 0 Å². The molecular weight excluding hydrogens is 458 g/mol. The minimum absolute atomic E-state index is 0.188. The minimum Gasteiger partial charge on any atom is -0.462 e. The summed E-state index contributed by atoms with van der Waals surface area (Å²) in [5.74, 6) is -1.87. The van der Waals surface area contributed by atoms with Crippen molar-refractivity contribution < 1.29 is 28.7 Å². The molecule has 9 nitrogen and oxygen atoms in total. The van der Waals surface area contributed by atoms with Crippen LogP contribution in [0.1, 0.15) is 33.2 Å². The molecule has 176 valence electrons. The molecule has 0 radical (unpaired) electrons. The van der Waals surface area contributed by atoms with Crippen LogP contribution in [0.5, 0.6) is 0 Å². The van der Waals surface area contributed by atoms with E-state index < -0.39 is 30.5 Å². The van der Waals surface area contributed by atoms with Crippen molar-refractivity contribution in [3.05, 3.63) is 71.3 Å². The molecule has 0 atom stereocenters. The normalized spacial score (nSPS) is 10.3. The van der Waals surface area contributed by atoms with E-state index in [1.807, 2.05) is 30.3 Å². The summed E-state index contributed by atoms with van der Waals surface area (Å²) in [5.41, 5.74) is 7.50. The standard InChI is InChI=1S/C24H23N3O6S/c1-3-32-23(30)19-14(2)20(15-7-5-4-6-8-15)34-21(19)27-18(28)13-33-22(29)16-9-11-17(12-10-16)26-24(25)31/h4-12H,3,13H2,1-2H3,(H,27,28)(H3,25,26,31). The van der Waals surface area contributed by atoms with Crippen molar-refractivity contribution in [3.8, 4) is 10.4 Å². The fourth-order valence-corrected chi connectivity index (χ4v) is 4.34. The van der Waals surface area contributed by atoms with Gasteiger partial charge in [-0.1, -0.05) is 30.3 Å². The Balaban J connectivity index is 1.71. The van der Waals surface area contributed by atoms with Gasteiger partial charge in [-0.3, -0.25) is 4.79 Å². The second-order valence-corrected chi connectivity index (χ2v) is 8.06. The van der Waals surface area contributed by atoms with Gasteiger partial charge >= 0.3 is 18.0 Å². The monoisotopic (exact) mass is 481 g/mol. The maximum absolute atomic E-state index is 12.6. The molecule has 10 heteroatoms. The third kappa shape index (κ3) is 5.99. The maximum Gasteiger partial charge on any atom is 0.341 e. The summed E-state index contributed by atoms with van der Waals surface area (Å²) < 4.78 is 10.2. The van der Waals surface area contributed by atoms with E-state index in [4.69, 9.17) is 15.2 Å². The van der Waals surface area contributed by atoms with Crippen molar-refractivity contribution >= 4 is 45.9 Å². The van der Waals surface area contributed by atoms with Crippen LogP contribution in [0.25, 0.3) is 10.4 Å². The molecule has 2 aromatic carbocycles. The molecule has 34 heavy (non-hydrogen) atoms. The van der Waals surface area contributed by atoms with Crippen molar-refractivity contribution in [2.24, 2.45) is 5.73 Å². The first kappa shape index (κ1) is 24.5. The molecule has 0 aliphatic carbocycles. The van der Waals surface area contributed by atoms with Crippen LogP contribution in [-0.2, 0) is 14.3 Å². The van der Waals surface area contributed by atoms with Crippen LogP contribution >= 0.6 is 11.3 Å². The Morgan fingerprint density at radius 2 is 1.59 bits per heavy atom. The molecule has 1 heterocycles. The lowest BCUT2D eigenvalue weighted by atomic mass is 10.1. The van der Waals surface area contributed by atoms with Crippen LogP contribution in [0.15, 0.2) is 54.6 Å². The number of hydrogen-bond acceptors (Lipinski definition) is 7. The average molecular weight is 482 g/mol. The molecule has 3 aromatic rings. The van der Waals surface area contributed by atoms with E-state index in [-0.39, 0.29) is 17.7 Å². The second-order valence-electron chi connectivity index (χ2n) is 7.04. The number of urea groups is 1. The zero-order valence-corrected chi connectivity index (χ0v) is 19.4. The lowest BCUT2D eigenvalue weighted by molar-refractivity contribution is -0.119. The summed E-state index contributed by atoms with van der Waals surface area (Å²) in [6.45, 7) is 3.12. The summed E-state index contributed by atoms with van der Waals surface area (Å²) in [6, 6.07) is 14.6. The van der Waals surface area contributed by atoms with Gasteiger partial charge in [-0.05, 0) is 49.2 Å². The molecule has 0 saturated carbocycles. The Bertz CT molecular complexity index is 1210. The minimum atomic E-state index is -0.728. The van der Waals surface area contributed by atoms with E-state index in [9.17, 15) is 19.2 Å². The molecule has 1 aromatic heterocycles. The molecule has 3 rings (SSSR count). The van der Waals surface area contributed by atoms with Crippen LogP contribution < -0.4 is 16.4 Å². The zero-order valence-electron chi connectivity index (χ0n) is 18.5. The molecule has 0 bridgehead atoms. The van der Waals surface area contributed by atoms with E-state index in [2.05, 4.69) is 10.6 Å². The SMILES string of the molecule is CCOC(=O)c1c(NC(=O)COC(=O)c2ccc(NC(N)=O)cc2)sc(-c2ccccc2)c1C. The average Bonchev–Trinajstić information content (AvgIpc) is 3.14. The number of carbonyl (C=O) groups excluding carboxylic acids is 4. The van der Waals surface area contributed by atoms with Crippen molar-refractivity contribution in [2.45, 2.75) is 13.8 Å². The van der Waals surface area contributed by atoms with Gasteiger partial charge in [0.2, 0.25) is 0 Å². The van der Waals surface area contributed by atoms with Gasteiger partial charge in [-0.25, -0.2) is 14.4 Å². The number of anilines is 2. The van der Waals surface area contributed by atoms with Gasteiger partial charge < -0.3 is 25.8 Å². The number of rotatable bonds is 8. The number of nitrogens with two attached hydrogens (primary N) is 1. The zero-order chi connectivity index (χ0) is 24.7. The van der Waals surface area contributed by atoms with Gasteiger partial charge in [0.05, 0.1) is 17.7 Å². The lowest BCUT2D eigenvalue weighted by Crippen LogP contribution is -2.22. The second kappa shape index (κ2) is 11.1. The van der Waals surface area contributed by atoms with Crippen LogP contribution in [-0.4, -0.2) is 37.1 Å². The van der Waals surface area contributed by atoms with Gasteiger partial charge in [0, 0.05) is 10.6 Å². The van der Waals surface area contributed by atoms with Crippen molar-refractivity contribution in [2.75, 3.05) is 23.8 Å². The summed E-state index contributed by atoms with van der Waals surface area (Å²) in [7, 11) is 0. The summed E-state index contributed by atoms with van der Waals surface area (Å²) in [4.78, 5) is 49.0. The first-order chi connectivity index (χ1) is 16.3. The molecule has 3 amide bonds. The first-order valence-electron chi connectivity index (χ1n) is 10.3. The number of primary amides is 1. The Morgan fingerprint density at radius 1 is 0.912 bits per heavy atom. The number of esters is 2. The van der Waals surface area contributed by atoms with E-state index in [0.29, 0.717) is 16.3 Å². The number of nitrogens with one attached hydrogen (secondary N) is 2. The predicted molar refractivity (Wildman–Crippen MR) is 129 cm³/mol. The number of carbonyl (C=O) groups is 4. The van der Waals surface area contributed by atoms with Crippen molar-refractivity contribution in [1.29, 1.82) is 0 Å². The van der Waals surface area contributed by atoms with Crippen LogP contribution in [0, 0.1) is 6.92 Å². The van der Waals surface area contributed by atoms with Gasteiger partial charge in [0.25, 0.3) is 5.91 Å². The Labute approximate surface area is 199 Å². The van der Waals surface area contributed by atoms with E-state index in [1.165, 1.54) is 35.6 Å². The Kier molecular flexibility index (Phi) is 7.99. The Morgan fingerprint density at radius 3 is 2.21 bits per heavy atom. The van der Waals surface area contributed by atoms with E-state index in [1.54, 1.807) is 13.8 Å². The predicted octanol–water partition coefficient (Wildman–Crippen LogP) is 4.19.